The van der Waals surface area contributed by atoms with E-state index in [1.807, 2.05) is 13.0 Å². The minimum Gasteiger partial charge on any atom is -0.294 e. The Kier molecular flexibility index (Phi) is 9.16. The highest BCUT2D eigenvalue weighted by Crippen LogP contribution is 2.42. The fraction of sp³-hybridized carbons (Fsp3) is 0.462. The van der Waals surface area contributed by atoms with Gasteiger partial charge in [-0.15, -0.1) is 11.8 Å². The first-order chi connectivity index (χ1) is 14.0. The van der Waals surface area contributed by atoms with Crippen LogP contribution in [0.15, 0.2) is 69.6 Å². The molecule has 29 heavy (non-hydrogen) atoms. The predicted molar refractivity (Wildman–Crippen MR) is 130 cm³/mol. The summed E-state index contributed by atoms with van der Waals surface area (Å²) in [5.74, 6) is 0.526. The van der Waals surface area contributed by atoms with Crippen LogP contribution in [0, 0.1) is 5.92 Å². The van der Waals surface area contributed by atoms with Gasteiger partial charge in [0.15, 0.2) is 5.78 Å². The van der Waals surface area contributed by atoms with Gasteiger partial charge in [0.2, 0.25) is 0 Å². The third-order valence-corrected chi connectivity index (χ3v) is 6.97. The van der Waals surface area contributed by atoms with E-state index in [-0.39, 0.29) is 19.0 Å². The summed E-state index contributed by atoms with van der Waals surface area (Å²) in [5, 5.41) is 0. The first-order valence-corrected chi connectivity index (χ1v) is 11.9. The van der Waals surface area contributed by atoms with Gasteiger partial charge in [-0.25, -0.2) is 0 Å². The number of Topliss-reactive ketones (excluding diaryl/α,β-unsaturated/α-hetero) is 1. The van der Waals surface area contributed by atoms with Crippen LogP contribution in [0.1, 0.15) is 65.8 Å². The maximum atomic E-state index is 13.7. The lowest BCUT2D eigenvalue weighted by Crippen LogP contribution is -2.27. The van der Waals surface area contributed by atoms with Crippen molar-refractivity contribution < 1.29 is 6.22 Å². The number of ketones is 1. The molecule has 1 saturated carbocycles. The Labute approximate surface area is 182 Å². The van der Waals surface area contributed by atoms with Crippen LogP contribution in [-0.2, 0) is 4.79 Å². The topological polar surface area (TPSA) is 29.4 Å². The smallest absolute Gasteiger partial charge is 0.166 e. The van der Waals surface area contributed by atoms with Gasteiger partial charge in [0, 0.05) is 30.6 Å². The van der Waals surface area contributed by atoms with Gasteiger partial charge in [0.1, 0.15) is 0 Å². The lowest BCUT2D eigenvalue weighted by molar-refractivity contribution is -0.120. The number of benzene rings is 1. The van der Waals surface area contributed by atoms with Crippen molar-refractivity contribution in [3.63, 3.8) is 0 Å². The van der Waals surface area contributed by atoms with Crippen molar-refractivity contribution in [3.8, 4) is 0 Å². The minimum absolute atomic E-state index is 0. The normalized spacial score (nSPS) is 21.6. The molecule has 1 aliphatic rings. The maximum Gasteiger partial charge on any atom is 0.166 e. The molecule has 0 spiro atoms. The van der Waals surface area contributed by atoms with Gasteiger partial charge in [-0.1, -0.05) is 56.2 Å². The summed E-state index contributed by atoms with van der Waals surface area (Å²) in [6, 6.07) is 8.57. The molecular weight excluding hydrogens is 374 g/mol. The molecule has 1 aromatic rings. The highest BCUT2D eigenvalue weighted by Gasteiger charge is 2.34. The molecule has 2 rings (SSSR count). The van der Waals surface area contributed by atoms with Gasteiger partial charge in [-0.05, 0) is 68.6 Å². The molecule has 0 N–H and O–H groups in total. The van der Waals surface area contributed by atoms with Gasteiger partial charge in [-0.3, -0.25) is 9.79 Å². The fourth-order valence-electron chi connectivity index (χ4n) is 4.24. The molecule has 0 saturated heterocycles. The number of rotatable bonds is 8. The molecule has 3 heteroatoms. The zero-order chi connectivity index (χ0) is 21.4. The zero-order valence-electron chi connectivity index (χ0n) is 18.6. The van der Waals surface area contributed by atoms with Gasteiger partial charge in [0.05, 0.1) is 0 Å². The van der Waals surface area contributed by atoms with Crippen molar-refractivity contribution in [1.82, 2.24) is 0 Å². The second-order valence-corrected chi connectivity index (χ2v) is 8.61. The van der Waals surface area contributed by atoms with Gasteiger partial charge >= 0.3 is 0 Å². The van der Waals surface area contributed by atoms with E-state index in [0.717, 1.165) is 37.0 Å². The van der Waals surface area contributed by atoms with E-state index in [2.05, 4.69) is 55.9 Å². The summed E-state index contributed by atoms with van der Waals surface area (Å²) in [7, 11) is 1.80. The summed E-state index contributed by atoms with van der Waals surface area (Å²) < 4.78 is 0. The van der Waals surface area contributed by atoms with Crippen molar-refractivity contribution in [1.29, 1.82) is 0 Å². The van der Waals surface area contributed by atoms with Crippen LogP contribution in [0.5, 0.6) is 0 Å². The molecule has 1 aliphatic carbocycles. The third kappa shape index (κ3) is 5.60. The summed E-state index contributed by atoms with van der Waals surface area (Å²) in [5.41, 5.74) is 5.32. The number of hydrogen-bond acceptors (Lipinski definition) is 3. The predicted octanol–water partition coefficient (Wildman–Crippen LogP) is 7.43. The lowest BCUT2D eigenvalue weighted by Gasteiger charge is -2.32. The molecule has 0 heterocycles. The summed E-state index contributed by atoms with van der Waals surface area (Å²) >= 11 is 1.77. The van der Waals surface area contributed by atoms with E-state index < -0.39 is 0 Å². The number of allylic oxidation sites excluding steroid dienone is 5. The Bertz CT molecular complexity index is 837. The fourth-order valence-corrected chi connectivity index (χ4v) is 4.91. The highest BCUT2D eigenvalue weighted by molar-refractivity contribution is 7.98. The van der Waals surface area contributed by atoms with E-state index >= 15 is 0 Å². The Hall–Kier alpha value is -1.87. The second kappa shape index (κ2) is 11.3. The van der Waals surface area contributed by atoms with Crippen LogP contribution in [0.3, 0.4) is 0 Å². The molecular formula is C26H37NOS. The Morgan fingerprint density at radius 2 is 1.97 bits per heavy atom. The molecule has 0 aromatic heterocycles. The van der Waals surface area contributed by atoms with Crippen molar-refractivity contribution in [2.45, 2.75) is 63.7 Å². The molecule has 0 aliphatic heterocycles. The number of carbonyl (C=O) groups excluding carboxylic acids is 1. The minimum atomic E-state index is 0. The third-order valence-electron chi connectivity index (χ3n) is 6.16. The van der Waals surface area contributed by atoms with Crippen LogP contribution in [0.4, 0.5) is 0 Å². The monoisotopic (exact) mass is 411 g/mol. The van der Waals surface area contributed by atoms with Crippen LogP contribution < -0.4 is 0 Å². The first kappa shape index (κ1) is 23.4. The van der Waals surface area contributed by atoms with Gasteiger partial charge in [0.25, 0.3) is 0 Å². The number of aliphatic imine (C=N–C) groups is 1. The van der Waals surface area contributed by atoms with E-state index in [9.17, 15) is 4.79 Å². The quantitative estimate of drug-likeness (QED) is 0.193. The van der Waals surface area contributed by atoms with Crippen LogP contribution >= 0.6 is 11.8 Å². The molecule has 1 unspecified atom stereocenters. The molecule has 1 fully saturated rings. The molecule has 0 bridgehead atoms. The van der Waals surface area contributed by atoms with Crippen molar-refractivity contribution >= 4 is 23.3 Å². The van der Waals surface area contributed by atoms with Crippen LogP contribution in [0.25, 0.3) is 0 Å². The number of carbonyl (C=O) groups is 1. The molecule has 2 atom stereocenters. The summed E-state index contributed by atoms with van der Waals surface area (Å²) in [6.07, 6.45) is 11.1. The average Bonchev–Trinajstić information content (AvgIpc) is 2.78. The molecule has 0 amide bonds. The van der Waals surface area contributed by atoms with E-state index in [0.29, 0.717) is 5.57 Å². The van der Waals surface area contributed by atoms with Gasteiger partial charge < -0.3 is 0 Å². The maximum absolute atomic E-state index is 13.7. The van der Waals surface area contributed by atoms with Crippen LogP contribution in [-0.4, -0.2) is 24.8 Å². The van der Waals surface area contributed by atoms with E-state index in [1.54, 1.807) is 24.9 Å². The Morgan fingerprint density at radius 3 is 2.59 bits per heavy atom. The number of thioether (sulfide) groups is 1. The molecule has 2 nitrogen and oxygen atoms in total. The molecule has 158 valence electrons. The first-order valence-electron chi connectivity index (χ1n) is 10.6. The molecule has 1 aromatic carbocycles. The van der Waals surface area contributed by atoms with Crippen molar-refractivity contribution in [2.24, 2.45) is 10.9 Å². The molecule has 0 radical (unpaired) electrons. The van der Waals surface area contributed by atoms with Crippen molar-refractivity contribution in [3.05, 3.63) is 65.3 Å². The second-order valence-electron chi connectivity index (χ2n) is 7.76. The van der Waals surface area contributed by atoms with E-state index in [1.165, 1.54) is 22.5 Å². The average molecular weight is 412 g/mol. The summed E-state index contributed by atoms with van der Waals surface area (Å²) in [4.78, 5) is 19.3. The highest BCUT2D eigenvalue weighted by atomic mass is 32.2. The Balaban J connectivity index is 0.00000450. The Morgan fingerprint density at radius 1 is 1.28 bits per heavy atom. The van der Waals surface area contributed by atoms with Crippen molar-refractivity contribution in [2.75, 3.05) is 13.3 Å². The summed E-state index contributed by atoms with van der Waals surface area (Å²) in [6.45, 7) is 10.2. The van der Waals surface area contributed by atoms with Gasteiger partial charge in [-0.2, -0.15) is 0 Å². The van der Waals surface area contributed by atoms with E-state index in [4.69, 9.17) is 0 Å². The SMILES string of the molecule is C=C/C(=C\C(C(C)=NC)=C(/C)CC)C(=O)C1CCCC[C@H]1c1ccccc1SC.[HH]. The zero-order valence-corrected chi connectivity index (χ0v) is 19.4. The number of hydrogen-bond donors (Lipinski definition) is 0. The standard InChI is InChI=1S/C26H35NOS.H2/c1-7-18(3)24(19(4)27-5)17-20(8-2)26(28)23-15-10-9-13-21(23)22-14-11-12-16-25(22)29-6;/h8,11-12,14,16-17,21,23H,2,7,9-10,13,15H2,1,3-6H3;1H/b20-17+,24-18-,27-19?;/t21-,23?;/m0./s1. The van der Waals surface area contributed by atoms with Crippen LogP contribution in [0.2, 0.25) is 0 Å². The number of nitrogens with zero attached hydrogens (tertiary/aromatic N) is 1. The largest absolute Gasteiger partial charge is 0.294 e. The lowest BCUT2D eigenvalue weighted by atomic mass is 9.72.